The molecule has 3 atom stereocenters. The number of halogens is 3. The van der Waals surface area contributed by atoms with Crippen LogP contribution in [0.25, 0.3) is 10.9 Å². The Bertz CT molecular complexity index is 695. The SMILES string of the molecule is CC(C)C(c1ccc2cc(F)ccc2n1)N1C[C@H](C)NC[C@H]1C.Cl.Cl. The molecule has 6 heteroatoms. The fraction of sp³-hybridized carbons (Fsp3) is 0.526. The Hall–Kier alpha value is -0.940. The molecule has 25 heavy (non-hydrogen) atoms. The van der Waals surface area contributed by atoms with Crippen molar-refractivity contribution < 1.29 is 4.39 Å². The molecule has 1 fully saturated rings. The summed E-state index contributed by atoms with van der Waals surface area (Å²) in [6.45, 7) is 11.0. The van der Waals surface area contributed by atoms with Gasteiger partial charge in [-0.2, -0.15) is 0 Å². The van der Waals surface area contributed by atoms with Crippen LogP contribution in [-0.2, 0) is 0 Å². The van der Waals surface area contributed by atoms with Gasteiger partial charge in [0, 0.05) is 30.6 Å². The summed E-state index contributed by atoms with van der Waals surface area (Å²) in [7, 11) is 0. The lowest BCUT2D eigenvalue weighted by molar-refractivity contribution is 0.0676. The van der Waals surface area contributed by atoms with Crippen molar-refractivity contribution in [3.05, 3.63) is 41.8 Å². The summed E-state index contributed by atoms with van der Waals surface area (Å²) in [5, 5.41) is 4.40. The van der Waals surface area contributed by atoms with E-state index in [1.54, 1.807) is 12.1 Å². The van der Waals surface area contributed by atoms with Crippen LogP contribution >= 0.6 is 24.8 Å². The molecule has 140 valence electrons. The van der Waals surface area contributed by atoms with Gasteiger partial charge in [-0.25, -0.2) is 4.39 Å². The average molecular weight is 388 g/mol. The van der Waals surface area contributed by atoms with Crippen LogP contribution < -0.4 is 5.32 Å². The molecule has 3 nitrogen and oxygen atoms in total. The molecule has 0 bridgehead atoms. The van der Waals surface area contributed by atoms with Gasteiger partial charge < -0.3 is 5.32 Å². The summed E-state index contributed by atoms with van der Waals surface area (Å²) in [6.07, 6.45) is 0. The molecule has 1 aliphatic rings. The molecule has 2 aromatic rings. The van der Waals surface area contributed by atoms with E-state index in [0.29, 0.717) is 18.0 Å². The summed E-state index contributed by atoms with van der Waals surface area (Å²) in [5.41, 5.74) is 1.95. The smallest absolute Gasteiger partial charge is 0.123 e. The van der Waals surface area contributed by atoms with E-state index in [1.807, 2.05) is 6.07 Å². The lowest BCUT2D eigenvalue weighted by atomic mass is 9.94. The number of fused-ring (bicyclic) bond motifs is 1. The lowest BCUT2D eigenvalue weighted by Crippen LogP contribution is -2.56. The summed E-state index contributed by atoms with van der Waals surface area (Å²) >= 11 is 0. The number of hydrogen-bond acceptors (Lipinski definition) is 3. The van der Waals surface area contributed by atoms with Crippen LogP contribution in [-0.4, -0.2) is 35.1 Å². The minimum atomic E-state index is -0.211. The van der Waals surface area contributed by atoms with Crippen LogP contribution in [0.4, 0.5) is 4.39 Å². The Morgan fingerprint density at radius 3 is 2.56 bits per heavy atom. The second-order valence-electron chi connectivity index (χ2n) is 7.12. The zero-order valence-electron chi connectivity index (χ0n) is 15.2. The highest BCUT2D eigenvalue weighted by atomic mass is 35.5. The summed E-state index contributed by atoms with van der Waals surface area (Å²) < 4.78 is 13.4. The third-order valence-corrected chi connectivity index (χ3v) is 4.78. The van der Waals surface area contributed by atoms with Gasteiger partial charge in [-0.15, -0.1) is 24.8 Å². The van der Waals surface area contributed by atoms with E-state index in [4.69, 9.17) is 4.98 Å². The Labute approximate surface area is 162 Å². The topological polar surface area (TPSA) is 28.2 Å². The fourth-order valence-electron chi connectivity index (χ4n) is 3.61. The molecule has 0 radical (unpaired) electrons. The van der Waals surface area contributed by atoms with Crippen molar-refractivity contribution >= 4 is 35.7 Å². The van der Waals surface area contributed by atoms with Crippen LogP contribution in [0.15, 0.2) is 30.3 Å². The largest absolute Gasteiger partial charge is 0.311 e. The van der Waals surface area contributed by atoms with Gasteiger partial charge in [0.05, 0.1) is 17.3 Å². The second-order valence-corrected chi connectivity index (χ2v) is 7.12. The summed E-state index contributed by atoms with van der Waals surface area (Å²) in [6, 6.07) is 10.1. The molecule has 1 aromatic heterocycles. The van der Waals surface area contributed by atoms with Crippen LogP contribution in [0, 0.1) is 11.7 Å². The minimum Gasteiger partial charge on any atom is -0.311 e. The highest BCUT2D eigenvalue weighted by Gasteiger charge is 2.32. The molecule has 0 spiro atoms. The van der Waals surface area contributed by atoms with Crippen LogP contribution in [0.2, 0.25) is 0 Å². The standard InChI is InChI=1S/C19H26FN3.2ClH/c1-12(2)19(23-11-13(3)21-10-14(23)4)18-7-5-15-9-16(20)6-8-17(15)22-18;;/h5-9,12-14,19,21H,10-11H2,1-4H3;2*1H/t13-,14+,19?;;/m0../s1. The lowest BCUT2D eigenvalue weighted by Gasteiger charge is -2.44. The zero-order valence-corrected chi connectivity index (χ0v) is 16.8. The number of hydrogen-bond donors (Lipinski definition) is 1. The third kappa shape index (κ3) is 4.82. The Balaban J connectivity index is 0.00000156. The number of pyridine rings is 1. The van der Waals surface area contributed by atoms with E-state index in [2.05, 4.69) is 44.0 Å². The van der Waals surface area contributed by atoms with E-state index < -0.39 is 0 Å². The molecule has 1 aromatic carbocycles. The average Bonchev–Trinajstić information content (AvgIpc) is 2.50. The van der Waals surface area contributed by atoms with E-state index in [1.165, 1.54) is 6.07 Å². The first-order valence-electron chi connectivity index (χ1n) is 8.51. The molecule has 1 unspecified atom stereocenters. The number of benzene rings is 1. The van der Waals surface area contributed by atoms with Gasteiger partial charge in [0.1, 0.15) is 5.82 Å². The summed E-state index contributed by atoms with van der Waals surface area (Å²) in [4.78, 5) is 7.40. The van der Waals surface area contributed by atoms with Crippen LogP contribution in [0.3, 0.4) is 0 Å². The maximum atomic E-state index is 13.4. The van der Waals surface area contributed by atoms with E-state index >= 15 is 0 Å². The minimum absolute atomic E-state index is 0. The summed E-state index contributed by atoms with van der Waals surface area (Å²) in [5.74, 6) is 0.255. The number of nitrogens with zero attached hydrogens (tertiary/aromatic N) is 2. The molecular formula is C19H28Cl2FN3. The Morgan fingerprint density at radius 2 is 1.88 bits per heavy atom. The predicted octanol–water partition coefficient (Wildman–Crippen LogP) is 4.60. The predicted molar refractivity (Wildman–Crippen MR) is 107 cm³/mol. The van der Waals surface area contributed by atoms with Crippen LogP contribution in [0.5, 0.6) is 0 Å². The van der Waals surface area contributed by atoms with Crippen molar-refractivity contribution in [2.75, 3.05) is 13.1 Å². The Kier molecular flexibility index (Phi) is 8.07. The van der Waals surface area contributed by atoms with E-state index in [9.17, 15) is 4.39 Å². The normalized spacial score (nSPS) is 22.3. The van der Waals surface area contributed by atoms with Gasteiger partial charge >= 0.3 is 0 Å². The van der Waals surface area contributed by atoms with Gasteiger partial charge in [0.15, 0.2) is 0 Å². The maximum Gasteiger partial charge on any atom is 0.123 e. The first-order chi connectivity index (χ1) is 11.0. The molecule has 2 heterocycles. The molecule has 1 aliphatic heterocycles. The van der Waals surface area contributed by atoms with Crippen molar-refractivity contribution in [1.82, 2.24) is 15.2 Å². The maximum absolute atomic E-state index is 13.4. The second kappa shape index (κ2) is 9.13. The first-order valence-corrected chi connectivity index (χ1v) is 8.51. The number of nitrogens with one attached hydrogen (secondary N) is 1. The molecule has 0 saturated carbocycles. The van der Waals surface area contributed by atoms with Crippen molar-refractivity contribution in [2.24, 2.45) is 5.92 Å². The van der Waals surface area contributed by atoms with Crippen molar-refractivity contribution in [1.29, 1.82) is 0 Å². The number of aromatic nitrogens is 1. The number of piperazine rings is 1. The van der Waals surface area contributed by atoms with Gasteiger partial charge in [-0.1, -0.05) is 19.9 Å². The van der Waals surface area contributed by atoms with Gasteiger partial charge in [-0.3, -0.25) is 9.88 Å². The van der Waals surface area contributed by atoms with Crippen molar-refractivity contribution in [2.45, 2.75) is 45.8 Å². The molecule has 0 amide bonds. The highest BCUT2D eigenvalue weighted by molar-refractivity contribution is 5.85. The van der Waals surface area contributed by atoms with E-state index in [-0.39, 0.29) is 36.7 Å². The molecular weight excluding hydrogens is 360 g/mol. The Morgan fingerprint density at radius 1 is 1.16 bits per heavy atom. The molecule has 3 rings (SSSR count). The third-order valence-electron chi connectivity index (χ3n) is 4.78. The molecule has 0 aliphatic carbocycles. The van der Waals surface area contributed by atoms with Crippen molar-refractivity contribution in [3.8, 4) is 0 Å². The first kappa shape index (κ1) is 22.1. The highest BCUT2D eigenvalue weighted by Crippen LogP contribution is 2.31. The fourth-order valence-corrected chi connectivity index (χ4v) is 3.61. The molecule has 1 N–H and O–H groups in total. The van der Waals surface area contributed by atoms with Crippen molar-refractivity contribution in [3.63, 3.8) is 0 Å². The van der Waals surface area contributed by atoms with Gasteiger partial charge in [-0.05, 0) is 44.0 Å². The van der Waals surface area contributed by atoms with E-state index in [0.717, 1.165) is 29.7 Å². The zero-order chi connectivity index (χ0) is 16.6. The quantitative estimate of drug-likeness (QED) is 0.833. The van der Waals surface area contributed by atoms with Crippen LogP contribution in [0.1, 0.15) is 39.4 Å². The molecule has 1 saturated heterocycles. The monoisotopic (exact) mass is 387 g/mol. The number of rotatable bonds is 3. The van der Waals surface area contributed by atoms with Gasteiger partial charge in [0.25, 0.3) is 0 Å². The van der Waals surface area contributed by atoms with Gasteiger partial charge in [0.2, 0.25) is 0 Å².